The van der Waals surface area contributed by atoms with Crippen molar-refractivity contribution in [3.05, 3.63) is 0 Å². The standard InChI is InChI=1S/C12H23N3O2/c1-3-4-10(2)12(17)14-9-11(16)15-7-5-13-6-8-15/h10,13H,3-9H2,1-2H3,(H,14,17). The number of amides is 2. The molecule has 0 aromatic rings. The molecule has 0 radical (unpaired) electrons. The van der Waals surface area contributed by atoms with Crippen LogP contribution >= 0.6 is 0 Å². The summed E-state index contributed by atoms with van der Waals surface area (Å²) in [5.41, 5.74) is 0. The van der Waals surface area contributed by atoms with E-state index < -0.39 is 0 Å². The zero-order valence-corrected chi connectivity index (χ0v) is 10.8. The van der Waals surface area contributed by atoms with Crippen LogP contribution in [0, 0.1) is 5.92 Å². The summed E-state index contributed by atoms with van der Waals surface area (Å²) in [6, 6.07) is 0. The highest BCUT2D eigenvalue weighted by Gasteiger charge is 2.18. The monoisotopic (exact) mass is 241 g/mol. The molecule has 1 aliphatic heterocycles. The van der Waals surface area contributed by atoms with Gasteiger partial charge in [0, 0.05) is 32.1 Å². The van der Waals surface area contributed by atoms with E-state index in [-0.39, 0.29) is 24.3 Å². The van der Waals surface area contributed by atoms with Crippen molar-refractivity contribution >= 4 is 11.8 Å². The molecule has 5 heteroatoms. The first-order valence-corrected chi connectivity index (χ1v) is 6.41. The first-order chi connectivity index (χ1) is 8.15. The SMILES string of the molecule is CCCC(C)C(=O)NCC(=O)N1CCNCC1. The predicted octanol–water partition coefficient (Wildman–Crippen LogP) is -0.0294. The number of nitrogens with zero attached hydrogens (tertiary/aromatic N) is 1. The van der Waals surface area contributed by atoms with Gasteiger partial charge in [-0.05, 0) is 6.42 Å². The van der Waals surface area contributed by atoms with E-state index in [1.807, 2.05) is 6.92 Å². The summed E-state index contributed by atoms with van der Waals surface area (Å²) >= 11 is 0. The molecule has 98 valence electrons. The molecule has 1 atom stereocenters. The molecule has 17 heavy (non-hydrogen) atoms. The van der Waals surface area contributed by atoms with Crippen molar-refractivity contribution in [2.45, 2.75) is 26.7 Å². The van der Waals surface area contributed by atoms with Crippen LogP contribution in [0.1, 0.15) is 26.7 Å². The van der Waals surface area contributed by atoms with Gasteiger partial charge in [0.15, 0.2) is 0 Å². The lowest BCUT2D eigenvalue weighted by Gasteiger charge is -2.27. The Morgan fingerprint density at radius 3 is 2.59 bits per heavy atom. The fourth-order valence-corrected chi connectivity index (χ4v) is 1.93. The zero-order valence-electron chi connectivity index (χ0n) is 10.8. The highest BCUT2D eigenvalue weighted by Crippen LogP contribution is 2.04. The second-order valence-electron chi connectivity index (χ2n) is 4.54. The molecule has 0 spiro atoms. The number of piperazine rings is 1. The van der Waals surface area contributed by atoms with Gasteiger partial charge in [-0.3, -0.25) is 9.59 Å². The number of carbonyl (C=O) groups excluding carboxylic acids is 2. The molecule has 2 N–H and O–H groups in total. The minimum Gasteiger partial charge on any atom is -0.347 e. The summed E-state index contributed by atoms with van der Waals surface area (Å²) in [5.74, 6) is -0.00490. The van der Waals surface area contributed by atoms with E-state index in [2.05, 4.69) is 17.6 Å². The molecule has 1 rings (SSSR count). The quantitative estimate of drug-likeness (QED) is 0.710. The van der Waals surface area contributed by atoms with E-state index in [4.69, 9.17) is 0 Å². The lowest BCUT2D eigenvalue weighted by molar-refractivity contribution is -0.134. The molecule has 2 amide bonds. The normalized spacial score (nSPS) is 17.6. The summed E-state index contributed by atoms with van der Waals surface area (Å²) < 4.78 is 0. The van der Waals surface area contributed by atoms with Crippen molar-refractivity contribution in [2.75, 3.05) is 32.7 Å². The highest BCUT2D eigenvalue weighted by atomic mass is 16.2. The topological polar surface area (TPSA) is 61.4 Å². The maximum Gasteiger partial charge on any atom is 0.242 e. The van der Waals surface area contributed by atoms with Crippen molar-refractivity contribution in [1.82, 2.24) is 15.5 Å². The molecule has 5 nitrogen and oxygen atoms in total. The van der Waals surface area contributed by atoms with Crippen LogP contribution in [0.3, 0.4) is 0 Å². The molecule has 1 unspecified atom stereocenters. The highest BCUT2D eigenvalue weighted by molar-refractivity contribution is 5.85. The smallest absolute Gasteiger partial charge is 0.242 e. The maximum absolute atomic E-state index is 11.8. The molecule has 0 aliphatic carbocycles. The fourth-order valence-electron chi connectivity index (χ4n) is 1.93. The average molecular weight is 241 g/mol. The van der Waals surface area contributed by atoms with Gasteiger partial charge in [0.25, 0.3) is 0 Å². The Kier molecular flexibility index (Phi) is 5.97. The van der Waals surface area contributed by atoms with Crippen LogP contribution in [-0.4, -0.2) is 49.4 Å². The van der Waals surface area contributed by atoms with Crippen LogP contribution in [0.15, 0.2) is 0 Å². The molecule has 0 saturated carbocycles. The van der Waals surface area contributed by atoms with Crippen LogP contribution < -0.4 is 10.6 Å². The van der Waals surface area contributed by atoms with Crippen LogP contribution in [-0.2, 0) is 9.59 Å². The third-order valence-electron chi connectivity index (χ3n) is 3.05. The molecule has 0 bridgehead atoms. The Hall–Kier alpha value is -1.10. The van der Waals surface area contributed by atoms with Crippen LogP contribution in [0.25, 0.3) is 0 Å². The van der Waals surface area contributed by atoms with Gasteiger partial charge < -0.3 is 15.5 Å². The molecule has 1 saturated heterocycles. The lowest BCUT2D eigenvalue weighted by Crippen LogP contribution is -2.49. The van der Waals surface area contributed by atoms with E-state index >= 15 is 0 Å². The number of hydrogen-bond donors (Lipinski definition) is 2. The molecule has 0 aromatic heterocycles. The second-order valence-corrected chi connectivity index (χ2v) is 4.54. The number of nitrogens with one attached hydrogen (secondary N) is 2. The van der Waals surface area contributed by atoms with Crippen LogP contribution in [0.2, 0.25) is 0 Å². The summed E-state index contributed by atoms with van der Waals surface area (Å²) in [4.78, 5) is 25.2. The second kappa shape index (κ2) is 7.27. The van der Waals surface area contributed by atoms with Gasteiger partial charge in [-0.1, -0.05) is 20.3 Å². The average Bonchev–Trinajstić information content (AvgIpc) is 2.36. The minimum atomic E-state index is -0.0182. The van der Waals surface area contributed by atoms with Crippen molar-refractivity contribution in [2.24, 2.45) is 5.92 Å². The largest absolute Gasteiger partial charge is 0.347 e. The van der Waals surface area contributed by atoms with Gasteiger partial charge in [-0.15, -0.1) is 0 Å². The van der Waals surface area contributed by atoms with Gasteiger partial charge in [0.1, 0.15) is 0 Å². The predicted molar refractivity (Wildman–Crippen MR) is 66.5 cm³/mol. The molecule has 1 heterocycles. The van der Waals surface area contributed by atoms with Crippen molar-refractivity contribution in [3.63, 3.8) is 0 Å². The minimum absolute atomic E-state index is 0.00387. The summed E-state index contributed by atoms with van der Waals surface area (Å²) in [6.07, 6.45) is 1.86. The number of rotatable bonds is 5. The molecule has 1 aliphatic rings. The zero-order chi connectivity index (χ0) is 12.7. The van der Waals surface area contributed by atoms with Crippen LogP contribution in [0.5, 0.6) is 0 Å². The van der Waals surface area contributed by atoms with Crippen LogP contribution in [0.4, 0.5) is 0 Å². The Balaban J connectivity index is 2.24. The van der Waals surface area contributed by atoms with Gasteiger partial charge in [0.2, 0.25) is 11.8 Å². The van der Waals surface area contributed by atoms with Crippen molar-refractivity contribution in [1.29, 1.82) is 0 Å². The van der Waals surface area contributed by atoms with Gasteiger partial charge in [-0.2, -0.15) is 0 Å². The van der Waals surface area contributed by atoms with Gasteiger partial charge in [-0.25, -0.2) is 0 Å². The first kappa shape index (κ1) is 14.0. The maximum atomic E-state index is 11.8. The Bertz CT molecular complexity index is 262. The number of hydrogen-bond acceptors (Lipinski definition) is 3. The van der Waals surface area contributed by atoms with Gasteiger partial charge >= 0.3 is 0 Å². The Morgan fingerprint density at radius 1 is 1.35 bits per heavy atom. The first-order valence-electron chi connectivity index (χ1n) is 6.41. The summed E-state index contributed by atoms with van der Waals surface area (Å²) in [5, 5.41) is 5.90. The third-order valence-corrected chi connectivity index (χ3v) is 3.05. The number of carbonyl (C=O) groups is 2. The molecular weight excluding hydrogens is 218 g/mol. The summed E-state index contributed by atoms with van der Waals surface area (Å²) in [7, 11) is 0. The van der Waals surface area contributed by atoms with E-state index in [0.717, 1.165) is 39.0 Å². The van der Waals surface area contributed by atoms with E-state index in [0.29, 0.717) is 0 Å². The van der Waals surface area contributed by atoms with E-state index in [1.165, 1.54) is 0 Å². The van der Waals surface area contributed by atoms with Crippen molar-refractivity contribution < 1.29 is 9.59 Å². The van der Waals surface area contributed by atoms with E-state index in [9.17, 15) is 9.59 Å². The summed E-state index contributed by atoms with van der Waals surface area (Å²) in [6.45, 7) is 7.23. The molecular formula is C12H23N3O2. The van der Waals surface area contributed by atoms with E-state index in [1.54, 1.807) is 4.90 Å². The Labute approximate surface area is 103 Å². The Morgan fingerprint density at radius 2 is 2.00 bits per heavy atom. The molecule has 0 aromatic carbocycles. The lowest BCUT2D eigenvalue weighted by atomic mass is 10.1. The third kappa shape index (κ3) is 4.73. The van der Waals surface area contributed by atoms with Gasteiger partial charge in [0.05, 0.1) is 6.54 Å². The molecule has 1 fully saturated rings. The van der Waals surface area contributed by atoms with Crippen molar-refractivity contribution in [3.8, 4) is 0 Å². The fraction of sp³-hybridized carbons (Fsp3) is 0.833.